The third-order valence-corrected chi connectivity index (χ3v) is 3.60. The Balaban J connectivity index is 1.69. The van der Waals surface area contributed by atoms with Crippen LogP contribution in [0.5, 0.6) is 0 Å². The normalized spacial score (nSPS) is 13.7. The first-order valence-electron chi connectivity index (χ1n) is 6.50. The molecular weight excluding hydrogens is 220 g/mol. The Morgan fingerprint density at radius 1 is 1.06 bits per heavy atom. The molecule has 0 unspecified atom stereocenters. The molecule has 1 aliphatic heterocycles. The van der Waals surface area contributed by atoms with E-state index in [1.165, 1.54) is 23.2 Å². The molecule has 0 radical (unpaired) electrons. The van der Waals surface area contributed by atoms with E-state index in [4.69, 9.17) is 5.73 Å². The standard InChI is InChI=1S/C16H18N2/c17-15-6-3-4-13(12-15)8-10-18-11-9-14-5-1-2-7-16(14)18/h1-7,12H,8-11,17H2. The van der Waals surface area contributed by atoms with Crippen molar-refractivity contribution in [3.05, 3.63) is 59.7 Å². The molecule has 1 aliphatic rings. The van der Waals surface area contributed by atoms with Gasteiger partial charge in [-0.25, -0.2) is 0 Å². The number of hydrogen-bond acceptors (Lipinski definition) is 2. The third-order valence-electron chi connectivity index (χ3n) is 3.60. The van der Waals surface area contributed by atoms with Gasteiger partial charge in [-0.1, -0.05) is 30.3 Å². The molecular formula is C16H18N2. The Bertz CT molecular complexity index is 548. The highest BCUT2D eigenvalue weighted by atomic mass is 15.1. The predicted molar refractivity (Wildman–Crippen MR) is 76.9 cm³/mol. The van der Waals surface area contributed by atoms with Gasteiger partial charge < -0.3 is 10.6 Å². The molecule has 0 saturated carbocycles. The summed E-state index contributed by atoms with van der Waals surface area (Å²) in [6.45, 7) is 2.21. The van der Waals surface area contributed by atoms with Crippen LogP contribution in [0.4, 0.5) is 11.4 Å². The molecule has 2 aromatic carbocycles. The van der Waals surface area contributed by atoms with Crippen molar-refractivity contribution in [1.82, 2.24) is 0 Å². The van der Waals surface area contributed by atoms with Crippen LogP contribution in [-0.2, 0) is 12.8 Å². The molecule has 2 N–H and O–H groups in total. The van der Waals surface area contributed by atoms with Gasteiger partial charge >= 0.3 is 0 Å². The summed E-state index contributed by atoms with van der Waals surface area (Å²) in [6.07, 6.45) is 2.23. The van der Waals surface area contributed by atoms with Gasteiger partial charge in [0.1, 0.15) is 0 Å². The molecule has 0 aliphatic carbocycles. The lowest BCUT2D eigenvalue weighted by Crippen LogP contribution is -2.23. The SMILES string of the molecule is Nc1cccc(CCN2CCc3ccccc32)c1. The lowest BCUT2D eigenvalue weighted by atomic mass is 10.1. The molecule has 3 rings (SSSR count). The van der Waals surface area contributed by atoms with Crippen molar-refractivity contribution in [3.8, 4) is 0 Å². The Kier molecular flexibility index (Phi) is 2.93. The van der Waals surface area contributed by atoms with E-state index in [1.807, 2.05) is 12.1 Å². The van der Waals surface area contributed by atoms with Crippen LogP contribution >= 0.6 is 0 Å². The monoisotopic (exact) mass is 238 g/mol. The summed E-state index contributed by atoms with van der Waals surface area (Å²) in [4.78, 5) is 2.47. The minimum Gasteiger partial charge on any atom is -0.399 e. The van der Waals surface area contributed by atoms with Crippen LogP contribution in [0.3, 0.4) is 0 Å². The molecule has 18 heavy (non-hydrogen) atoms. The minimum absolute atomic E-state index is 0.856. The van der Waals surface area contributed by atoms with E-state index >= 15 is 0 Å². The number of rotatable bonds is 3. The van der Waals surface area contributed by atoms with Gasteiger partial charge in [-0.2, -0.15) is 0 Å². The zero-order valence-electron chi connectivity index (χ0n) is 10.5. The second kappa shape index (κ2) is 4.73. The third kappa shape index (κ3) is 2.19. The van der Waals surface area contributed by atoms with Crippen LogP contribution in [0.1, 0.15) is 11.1 Å². The van der Waals surface area contributed by atoms with Crippen molar-refractivity contribution in [2.45, 2.75) is 12.8 Å². The highest BCUT2D eigenvalue weighted by Crippen LogP contribution is 2.27. The second-order valence-electron chi connectivity index (χ2n) is 4.86. The average Bonchev–Trinajstić information content (AvgIpc) is 2.80. The summed E-state index contributed by atoms with van der Waals surface area (Å²) < 4.78 is 0. The summed E-state index contributed by atoms with van der Waals surface area (Å²) in [5.74, 6) is 0. The first-order chi connectivity index (χ1) is 8.83. The van der Waals surface area contributed by atoms with E-state index in [0.717, 1.165) is 25.2 Å². The fourth-order valence-electron chi connectivity index (χ4n) is 2.65. The molecule has 0 atom stereocenters. The number of nitrogens with zero attached hydrogens (tertiary/aromatic N) is 1. The maximum Gasteiger partial charge on any atom is 0.0399 e. The summed E-state index contributed by atoms with van der Waals surface area (Å²) >= 11 is 0. The summed E-state index contributed by atoms with van der Waals surface area (Å²) in [5.41, 5.74) is 10.9. The number of fused-ring (bicyclic) bond motifs is 1. The smallest absolute Gasteiger partial charge is 0.0399 e. The van der Waals surface area contributed by atoms with Crippen molar-refractivity contribution < 1.29 is 0 Å². The van der Waals surface area contributed by atoms with Crippen molar-refractivity contribution in [1.29, 1.82) is 0 Å². The first kappa shape index (κ1) is 11.1. The highest BCUT2D eigenvalue weighted by Gasteiger charge is 2.17. The maximum absolute atomic E-state index is 5.81. The lowest BCUT2D eigenvalue weighted by molar-refractivity contribution is 0.813. The van der Waals surface area contributed by atoms with E-state index in [0.29, 0.717) is 0 Å². The van der Waals surface area contributed by atoms with Crippen molar-refractivity contribution in [2.24, 2.45) is 0 Å². The van der Waals surface area contributed by atoms with Crippen LogP contribution in [0.2, 0.25) is 0 Å². The van der Waals surface area contributed by atoms with Gasteiger partial charge in [0.25, 0.3) is 0 Å². The Hall–Kier alpha value is -1.96. The van der Waals surface area contributed by atoms with E-state index in [-0.39, 0.29) is 0 Å². The molecule has 2 nitrogen and oxygen atoms in total. The van der Waals surface area contributed by atoms with Gasteiger partial charge in [0, 0.05) is 24.5 Å². The van der Waals surface area contributed by atoms with Gasteiger partial charge in [0.15, 0.2) is 0 Å². The molecule has 1 heterocycles. The van der Waals surface area contributed by atoms with Crippen LogP contribution in [0.25, 0.3) is 0 Å². The average molecular weight is 238 g/mol. The molecule has 0 bridgehead atoms. The van der Waals surface area contributed by atoms with Gasteiger partial charge in [0.2, 0.25) is 0 Å². The fourth-order valence-corrected chi connectivity index (χ4v) is 2.65. The topological polar surface area (TPSA) is 29.3 Å². The zero-order valence-corrected chi connectivity index (χ0v) is 10.5. The molecule has 0 aromatic heterocycles. The van der Waals surface area contributed by atoms with Gasteiger partial charge in [0.05, 0.1) is 0 Å². The van der Waals surface area contributed by atoms with Crippen LogP contribution < -0.4 is 10.6 Å². The van der Waals surface area contributed by atoms with E-state index in [9.17, 15) is 0 Å². The number of para-hydroxylation sites is 1. The van der Waals surface area contributed by atoms with E-state index < -0.39 is 0 Å². The van der Waals surface area contributed by atoms with Gasteiger partial charge in [-0.3, -0.25) is 0 Å². The van der Waals surface area contributed by atoms with Crippen LogP contribution in [0, 0.1) is 0 Å². The van der Waals surface area contributed by atoms with Crippen molar-refractivity contribution >= 4 is 11.4 Å². The van der Waals surface area contributed by atoms with Crippen molar-refractivity contribution in [2.75, 3.05) is 23.7 Å². The van der Waals surface area contributed by atoms with E-state index in [2.05, 4.69) is 41.3 Å². The van der Waals surface area contributed by atoms with Crippen molar-refractivity contribution in [3.63, 3.8) is 0 Å². The molecule has 2 heteroatoms. The van der Waals surface area contributed by atoms with Gasteiger partial charge in [-0.05, 0) is 42.2 Å². The molecule has 92 valence electrons. The lowest BCUT2D eigenvalue weighted by Gasteiger charge is -2.19. The second-order valence-corrected chi connectivity index (χ2v) is 4.86. The molecule has 2 aromatic rings. The quantitative estimate of drug-likeness (QED) is 0.833. The molecule has 0 saturated heterocycles. The summed E-state index contributed by atoms with van der Waals surface area (Å²) in [5, 5.41) is 0. The maximum atomic E-state index is 5.81. The largest absolute Gasteiger partial charge is 0.399 e. The zero-order chi connectivity index (χ0) is 12.4. The Morgan fingerprint density at radius 2 is 1.94 bits per heavy atom. The fraction of sp³-hybridized carbons (Fsp3) is 0.250. The number of hydrogen-bond donors (Lipinski definition) is 1. The van der Waals surface area contributed by atoms with Crippen LogP contribution in [0.15, 0.2) is 48.5 Å². The van der Waals surface area contributed by atoms with E-state index in [1.54, 1.807) is 0 Å². The number of nitrogens with two attached hydrogens (primary N) is 1. The number of nitrogen functional groups attached to an aromatic ring is 1. The Labute approximate surface area is 108 Å². The van der Waals surface area contributed by atoms with Crippen LogP contribution in [-0.4, -0.2) is 13.1 Å². The Morgan fingerprint density at radius 3 is 2.83 bits per heavy atom. The summed E-state index contributed by atoms with van der Waals surface area (Å²) in [6, 6.07) is 16.9. The molecule has 0 spiro atoms. The minimum atomic E-state index is 0.856. The first-order valence-corrected chi connectivity index (χ1v) is 6.50. The molecule has 0 fully saturated rings. The predicted octanol–water partition coefficient (Wildman–Crippen LogP) is 2.87. The highest BCUT2D eigenvalue weighted by molar-refractivity contribution is 5.57. The number of anilines is 2. The molecule has 0 amide bonds. The summed E-state index contributed by atoms with van der Waals surface area (Å²) in [7, 11) is 0. The van der Waals surface area contributed by atoms with Gasteiger partial charge in [-0.15, -0.1) is 0 Å². The number of benzene rings is 2.